The molecule has 24 heavy (non-hydrogen) atoms. The van der Waals surface area contributed by atoms with Gasteiger partial charge in [-0.15, -0.1) is 0 Å². The molecule has 0 aliphatic rings. The molecule has 0 aliphatic heterocycles. The molecular formula is C16H19BrN4O3. The highest BCUT2D eigenvalue weighted by molar-refractivity contribution is 9.10. The third-order valence-corrected chi connectivity index (χ3v) is 3.55. The Morgan fingerprint density at radius 3 is 2.88 bits per heavy atom. The van der Waals surface area contributed by atoms with Crippen molar-refractivity contribution in [3.8, 4) is 11.5 Å². The Bertz CT molecular complexity index is 789. The van der Waals surface area contributed by atoms with E-state index in [1.807, 2.05) is 19.1 Å². The topological polar surface area (TPSA) is 88.6 Å². The zero-order chi connectivity index (χ0) is 17.5. The molecule has 1 aromatic carbocycles. The van der Waals surface area contributed by atoms with Crippen LogP contribution in [0.5, 0.6) is 11.5 Å². The van der Waals surface area contributed by atoms with Gasteiger partial charge in [-0.05, 0) is 47.0 Å². The lowest BCUT2D eigenvalue weighted by Crippen LogP contribution is -2.10. The number of H-pyrrole nitrogens is 1. The Hall–Kier alpha value is -2.35. The standard InChI is InChI=1S/C16H19BrN4O3/c1-4-5-24-15-12(17)7-11(8-13(15)23-3)9-18-21-16-19-10(2)6-14(22)20-16/h6-9H,4-5H2,1-3H3,(H2,19,20,21,22)/b18-9+. The van der Waals surface area contributed by atoms with Gasteiger partial charge in [0.2, 0.25) is 5.95 Å². The molecule has 8 heteroatoms. The average Bonchev–Trinajstić information content (AvgIpc) is 2.52. The molecule has 0 bridgehead atoms. The van der Waals surface area contributed by atoms with Crippen LogP contribution in [0, 0.1) is 6.92 Å². The maximum Gasteiger partial charge on any atom is 0.252 e. The molecule has 0 aliphatic carbocycles. The van der Waals surface area contributed by atoms with Crippen molar-refractivity contribution in [1.29, 1.82) is 0 Å². The Kier molecular flexibility index (Phi) is 6.36. The number of hydrazone groups is 1. The van der Waals surface area contributed by atoms with Crippen LogP contribution < -0.4 is 20.5 Å². The summed E-state index contributed by atoms with van der Waals surface area (Å²) in [5.74, 6) is 1.56. The summed E-state index contributed by atoms with van der Waals surface area (Å²) in [6, 6.07) is 5.09. The van der Waals surface area contributed by atoms with Crippen LogP contribution in [-0.2, 0) is 0 Å². The fraction of sp³-hybridized carbons (Fsp3) is 0.312. The lowest BCUT2D eigenvalue weighted by Gasteiger charge is -2.12. The molecular weight excluding hydrogens is 376 g/mol. The van der Waals surface area contributed by atoms with Gasteiger partial charge in [0, 0.05) is 11.8 Å². The number of benzene rings is 1. The third kappa shape index (κ3) is 4.82. The first kappa shape index (κ1) is 18.0. The molecule has 7 nitrogen and oxygen atoms in total. The summed E-state index contributed by atoms with van der Waals surface area (Å²) < 4.78 is 11.8. The number of hydrogen-bond acceptors (Lipinski definition) is 6. The van der Waals surface area contributed by atoms with Crippen molar-refractivity contribution in [2.24, 2.45) is 5.10 Å². The van der Waals surface area contributed by atoms with Crippen LogP contribution in [0.1, 0.15) is 24.6 Å². The Labute approximate surface area is 148 Å². The smallest absolute Gasteiger partial charge is 0.252 e. The Morgan fingerprint density at radius 1 is 1.42 bits per heavy atom. The zero-order valence-electron chi connectivity index (χ0n) is 13.7. The van der Waals surface area contributed by atoms with E-state index < -0.39 is 0 Å². The molecule has 128 valence electrons. The van der Waals surface area contributed by atoms with Crippen LogP contribution in [0.4, 0.5) is 5.95 Å². The third-order valence-electron chi connectivity index (χ3n) is 2.96. The minimum Gasteiger partial charge on any atom is -0.493 e. The second-order valence-electron chi connectivity index (χ2n) is 4.99. The molecule has 0 atom stereocenters. The van der Waals surface area contributed by atoms with E-state index in [4.69, 9.17) is 9.47 Å². The lowest BCUT2D eigenvalue weighted by molar-refractivity contribution is 0.292. The average molecular weight is 395 g/mol. The van der Waals surface area contributed by atoms with Gasteiger partial charge in [-0.1, -0.05) is 6.92 Å². The number of anilines is 1. The van der Waals surface area contributed by atoms with E-state index in [2.05, 4.69) is 36.4 Å². The summed E-state index contributed by atoms with van der Waals surface area (Å²) in [5.41, 5.74) is 3.87. The van der Waals surface area contributed by atoms with Gasteiger partial charge < -0.3 is 9.47 Å². The Balaban J connectivity index is 2.17. The largest absolute Gasteiger partial charge is 0.493 e. The van der Waals surface area contributed by atoms with E-state index in [1.165, 1.54) is 6.07 Å². The molecule has 2 rings (SSSR count). The predicted octanol–water partition coefficient (Wildman–Crippen LogP) is 3.08. The minimum absolute atomic E-state index is 0.234. The van der Waals surface area contributed by atoms with Crippen molar-refractivity contribution in [3.05, 3.63) is 44.3 Å². The van der Waals surface area contributed by atoms with Gasteiger partial charge in [-0.3, -0.25) is 9.78 Å². The van der Waals surface area contributed by atoms with Crippen LogP contribution in [-0.4, -0.2) is 29.9 Å². The molecule has 0 saturated heterocycles. The monoisotopic (exact) mass is 394 g/mol. The van der Waals surface area contributed by atoms with Gasteiger partial charge in [-0.25, -0.2) is 10.4 Å². The number of aromatic nitrogens is 2. The number of ether oxygens (including phenoxy) is 2. The van der Waals surface area contributed by atoms with Gasteiger partial charge in [0.25, 0.3) is 5.56 Å². The number of methoxy groups -OCH3 is 1. The van der Waals surface area contributed by atoms with E-state index in [0.717, 1.165) is 16.5 Å². The number of halogens is 1. The highest BCUT2D eigenvalue weighted by Crippen LogP contribution is 2.36. The molecule has 2 N–H and O–H groups in total. The normalized spacial score (nSPS) is 10.8. The van der Waals surface area contributed by atoms with Crippen LogP contribution >= 0.6 is 15.9 Å². The van der Waals surface area contributed by atoms with Gasteiger partial charge in [-0.2, -0.15) is 5.10 Å². The molecule has 0 amide bonds. The molecule has 2 aromatic rings. The SMILES string of the molecule is CCCOc1c(Br)cc(/C=N/Nc2nc(C)cc(=O)[nH]2)cc1OC. The van der Waals surface area contributed by atoms with Crippen molar-refractivity contribution in [3.63, 3.8) is 0 Å². The van der Waals surface area contributed by atoms with Crippen LogP contribution in [0.2, 0.25) is 0 Å². The molecule has 0 radical (unpaired) electrons. The van der Waals surface area contributed by atoms with Crippen molar-refractivity contribution < 1.29 is 9.47 Å². The summed E-state index contributed by atoms with van der Waals surface area (Å²) in [6.07, 6.45) is 2.50. The summed E-state index contributed by atoms with van der Waals surface area (Å²) in [6.45, 7) is 4.38. The van der Waals surface area contributed by atoms with Crippen LogP contribution in [0.15, 0.2) is 32.6 Å². The molecule has 0 unspecified atom stereocenters. The highest BCUT2D eigenvalue weighted by atomic mass is 79.9. The van der Waals surface area contributed by atoms with E-state index >= 15 is 0 Å². The minimum atomic E-state index is -0.234. The first-order valence-corrected chi connectivity index (χ1v) is 8.20. The predicted molar refractivity (Wildman–Crippen MR) is 97.3 cm³/mol. The number of hydrogen-bond donors (Lipinski definition) is 2. The van der Waals surface area contributed by atoms with Crippen molar-refractivity contribution in [2.45, 2.75) is 20.3 Å². The molecule has 1 aromatic heterocycles. The summed E-state index contributed by atoms with van der Waals surface area (Å²) in [5, 5.41) is 4.08. The first-order valence-electron chi connectivity index (χ1n) is 7.41. The molecule has 0 fully saturated rings. The van der Waals surface area contributed by atoms with Gasteiger partial charge >= 0.3 is 0 Å². The first-order chi connectivity index (χ1) is 11.5. The van der Waals surface area contributed by atoms with Crippen molar-refractivity contribution >= 4 is 28.1 Å². The van der Waals surface area contributed by atoms with E-state index in [0.29, 0.717) is 23.8 Å². The second kappa shape index (κ2) is 8.49. The number of rotatable bonds is 7. The second-order valence-corrected chi connectivity index (χ2v) is 5.84. The van der Waals surface area contributed by atoms with Gasteiger partial charge in [0.05, 0.1) is 24.4 Å². The Morgan fingerprint density at radius 2 is 2.21 bits per heavy atom. The van der Waals surface area contributed by atoms with Crippen molar-refractivity contribution in [2.75, 3.05) is 19.1 Å². The number of nitrogens with zero attached hydrogens (tertiary/aromatic N) is 2. The van der Waals surface area contributed by atoms with E-state index in [1.54, 1.807) is 20.2 Å². The quantitative estimate of drug-likeness (QED) is 0.556. The summed E-state index contributed by atoms with van der Waals surface area (Å²) >= 11 is 3.48. The fourth-order valence-electron chi connectivity index (χ4n) is 1.96. The summed E-state index contributed by atoms with van der Waals surface area (Å²) in [4.78, 5) is 18.1. The van der Waals surface area contributed by atoms with E-state index in [9.17, 15) is 4.79 Å². The number of aryl methyl sites for hydroxylation is 1. The van der Waals surface area contributed by atoms with Gasteiger partial charge in [0.15, 0.2) is 11.5 Å². The van der Waals surface area contributed by atoms with Crippen LogP contribution in [0.25, 0.3) is 0 Å². The lowest BCUT2D eigenvalue weighted by atomic mass is 10.2. The molecule has 1 heterocycles. The van der Waals surface area contributed by atoms with E-state index in [-0.39, 0.29) is 11.5 Å². The van der Waals surface area contributed by atoms with Crippen LogP contribution in [0.3, 0.4) is 0 Å². The van der Waals surface area contributed by atoms with Crippen molar-refractivity contribution in [1.82, 2.24) is 9.97 Å². The number of nitrogens with one attached hydrogen (secondary N) is 2. The highest BCUT2D eigenvalue weighted by Gasteiger charge is 2.10. The maximum absolute atomic E-state index is 11.4. The van der Waals surface area contributed by atoms with Gasteiger partial charge in [0.1, 0.15) is 0 Å². The molecule has 0 saturated carbocycles. The number of aromatic amines is 1. The summed E-state index contributed by atoms with van der Waals surface area (Å²) in [7, 11) is 1.58. The zero-order valence-corrected chi connectivity index (χ0v) is 15.3. The fourth-order valence-corrected chi connectivity index (χ4v) is 2.53. The molecule has 0 spiro atoms. The maximum atomic E-state index is 11.4.